The Kier molecular flexibility index (Phi) is 4.46. The second-order valence-electron chi connectivity index (χ2n) is 4.43. The summed E-state index contributed by atoms with van der Waals surface area (Å²) in [6.45, 7) is 0. The number of non-ortho nitro benzene ring substituents is 1. The first-order valence-corrected chi connectivity index (χ1v) is 7.30. The van der Waals surface area contributed by atoms with Gasteiger partial charge >= 0.3 is 5.97 Å². The topological polar surface area (TPSA) is 107 Å². The third kappa shape index (κ3) is 3.40. The van der Waals surface area contributed by atoms with E-state index in [1.807, 2.05) is 0 Å². The van der Waals surface area contributed by atoms with Gasteiger partial charge in [0.05, 0.1) is 27.6 Å². The van der Waals surface area contributed by atoms with Gasteiger partial charge in [0.25, 0.3) is 5.69 Å². The Morgan fingerprint density at radius 1 is 1.40 bits per heavy atom. The fourth-order valence-electron chi connectivity index (χ4n) is 1.99. The zero-order valence-electron chi connectivity index (χ0n) is 10.4. The molecule has 8 heteroatoms. The van der Waals surface area contributed by atoms with Gasteiger partial charge in [-0.2, -0.15) is 0 Å². The van der Waals surface area contributed by atoms with Crippen LogP contribution in [0.1, 0.15) is 12.8 Å². The molecule has 0 aromatic heterocycles. The smallest absolute Gasteiger partial charge is 0.332 e. The van der Waals surface area contributed by atoms with E-state index in [2.05, 4.69) is 0 Å². The Bertz CT molecular complexity index is 543. The van der Waals surface area contributed by atoms with Crippen LogP contribution in [0.5, 0.6) is 0 Å². The van der Waals surface area contributed by atoms with Crippen molar-refractivity contribution in [2.45, 2.75) is 29.9 Å². The van der Waals surface area contributed by atoms with Gasteiger partial charge in [-0.3, -0.25) is 14.3 Å². The van der Waals surface area contributed by atoms with E-state index in [0.29, 0.717) is 17.7 Å². The predicted molar refractivity (Wildman–Crippen MR) is 69.9 cm³/mol. The maximum absolute atomic E-state index is 12.1. The van der Waals surface area contributed by atoms with E-state index in [1.54, 1.807) is 0 Å². The number of nitro benzene ring substituents is 1. The number of carbonyl (C=O) groups is 1. The van der Waals surface area contributed by atoms with Crippen molar-refractivity contribution in [1.82, 2.24) is 0 Å². The number of nitrogens with zero attached hydrogens (tertiary/aromatic N) is 1. The van der Waals surface area contributed by atoms with Crippen LogP contribution in [0.3, 0.4) is 0 Å². The molecule has 108 valence electrons. The summed E-state index contributed by atoms with van der Waals surface area (Å²) in [5, 5.41) is 19.3. The van der Waals surface area contributed by atoms with Crippen molar-refractivity contribution >= 4 is 22.5 Å². The number of carboxylic acids is 1. The average molecular weight is 299 g/mol. The molecule has 2 rings (SSSR count). The summed E-state index contributed by atoms with van der Waals surface area (Å²) in [5.74, 6) is -0.810. The molecule has 1 saturated heterocycles. The van der Waals surface area contributed by atoms with Gasteiger partial charge in [0, 0.05) is 17.0 Å². The fraction of sp³-hybridized carbons (Fsp3) is 0.417. The van der Waals surface area contributed by atoms with Gasteiger partial charge in [0.1, 0.15) is 0 Å². The van der Waals surface area contributed by atoms with Crippen LogP contribution >= 0.6 is 0 Å². The van der Waals surface area contributed by atoms with Crippen LogP contribution in [0.25, 0.3) is 0 Å². The van der Waals surface area contributed by atoms with Gasteiger partial charge in [-0.05, 0) is 25.0 Å². The van der Waals surface area contributed by atoms with Crippen molar-refractivity contribution in [3.05, 3.63) is 34.4 Å². The van der Waals surface area contributed by atoms with E-state index >= 15 is 0 Å². The normalized spacial score (nSPS) is 23.4. The van der Waals surface area contributed by atoms with Crippen LogP contribution in [0.15, 0.2) is 29.2 Å². The van der Waals surface area contributed by atoms with E-state index in [1.165, 1.54) is 24.3 Å². The lowest BCUT2D eigenvalue weighted by atomic mass is 10.2. The molecule has 1 aliphatic heterocycles. The van der Waals surface area contributed by atoms with Gasteiger partial charge in [0.2, 0.25) is 0 Å². The Balaban J connectivity index is 1.95. The molecule has 0 aliphatic carbocycles. The standard InChI is InChI=1S/C12H13NO6S/c14-12(15)11-6-3-9(19-11)7-20(18)10-4-1-8(2-5-10)13(16)17/h1-2,4-5,9,11H,3,6-7H2,(H,14,15). The number of hydrogen-bond acceptors (Lipinski definition) is 5. The number of rotatable bonds is 5. The van der Waals surface area contributed by atoms with Crippen molar-refractivity contribution in [3.63, 3.8) is 0 Å². The van der Waals surface area contributed by atoms with Crippen molar-refractivity contribution < 1.29 is 23.8 Å². The van der Waals surface area contributed by atoms with E-state index in [0.717, 1.165) is 0 Å². The van der Waals surface area contributed by atoms with Gasteiger partial charge in [-0.25, -0.2) is 4.79 Å². The summed E-state index contributed by atoms with van der Waals surface area (Å²) in [5.41, 5.74) is -0.0613. The first-order chi connectivity index (χ1) is 9.47. The molecule has 20 heavy (non-hydrogen) atoms. The quantitative estimate of drug-likeness (QED) is 0.649. The lowest BCUT2D eigenvalue weighted by molar-refractivity contribution is -0.384. The molecular weight excluding hydrogens is 286 g/mol. The Labute approximate surface area is 117 Å². The molecule has 0 spiro atoms. The van der Waals surface area contributed by atoms with Gasteiger partial charge in [-0.15, -0.1) is 0 Å². The van der Waals surface area contributed by atoms with Crippen molar-refractivity contribution in [1.29, 1.82) is 0 Å². The summed E-state index contributed by atoms with van der Waals surface area (Å²) in [4.78, 5) is 21.2. The Morgan fingerprint density at radius 3 is 2.55 bits per heavy atom. The number of aliphatic carboxylic acids is 1. The first kappa shape index (κ1) is 14.6. The zero-order chi connectivity index (χ0) is 14.7. The molecule has 1 aliphatic rings. The second kappa shape index (κ2) is 6.10. The summed E-state index contributed by atoms with van der Waals surface area (Å²) in [7, 11) is -1.36. The zero-order valence-corrected chi connectivity index (χ0v) is 11.2. The molecule has 7 nitrogen and oxygen atoms in total. The number of ether oxygens (including phenoxy) is 1. The molecule has 0 amide bonds. The molecule has 1 heterocycles. The maximum atomic E-state index is 12.1. The van der Waals surface area contributed by atoms with Crippen LogP contribution in [0, 0.1) is 10.1 Å². The van der Waals surface area contributed by atoms with Crippen molar-refractivity contribution in [2.75, 3.05) is 5.75 Å². The molecule has 1 fully saturated rings. The molecule has 3 unspecified atom stereocenters. The highest BCUT2D eigenvalue weighted by Gasteiger charge is 2.31. The molecule has 1 aromatic carbocycles. The van der Waals surface area contributed by atoms with E-state index < -0.39 is 27.8 Å². The van der Waals surface area contributed by atoms with Crippen LogP contribution in [-0.4, -0.2) is 38.2 Å². The number of benzene rings is 1. The van der Waals surface area contributed by atoms with Gasteiger partial charge in [0.15, 0.2) is 6.10 Å². The molecule has 3 atom stereocenters. The second-order valence-corrected chi connectivity index (χ2v) is 5.92. The minimum absolute atomic E-state index is 0.0613. The third-order valence-electron chi connectivity index (χ3n) is 3.03. The van der Waals surface area contributed by atoms with Crippen LogP contribution in [0.4, 0.5) is 5.69 Å². The largest absolute Gasteiger partial charge is 0.479 e. The monoisotopic (exact) mass is 299 g/mol. The average Bonchev–Trinajstić information content (AvgIpc) is 2.87. The summed E-state index contributed by atoms with van der Waals surface area (Å²) < 4.78 is 17.3. The van der Waals surface area contributed by atoms with Crippen molar-refractivity contribution in [3.8, 4) is 0 Å². The Morgan fingerprint density at radius 2 is 2.05 bits per heavy atom. The maximum Gasteiger partial charge on any atom is 0.332 e. The van der Waals surface area contributed by atoms with Crippen LogP contribution in [0.2, 0.25) is 0 Å². The minimum Gasteiger partial charge on any atom is -0.479 e. The summed E-state index contributed by atoms with van der Waals surface area (Å²) in [6.07, 6.45) is -0.214. The Hall–Kier alpha value is -1.80. The number of carboxylic acid groups (broad SMARTS) is 1. The molecule has 1 N–H and O–H groups in total. The highest BCUT2D eigenvalue weighted by atomic mass is 32.2. The van der Waals surface area contributed by atoms with Gasteiger partial charge < -0.3 is 9.84 Å². The summed E-state index contributed by atoms with van der Waals surface area (Å²) >= 11 is 0. The summed E-state index contributed by atoms with van der Waals surface area (Å²) in [6, 6.07) is 5.47. The van der Waals surface area contributed by atoms with E-state index in [-0.39, 0.29) is 17.5 Å². The lowest BCUT2D eigenvalue weighted by Crippen LogP contribution is -2.23. The molecule has 0 bridgehead atoms. The third-order valence-corrected chi connectivity index (χ3v) is 4.50. The highest BCUT2D eigenvalue weighted by Crippen LogP contribution is 2.23. The first-order valence-electron chi connectivity index (χ1n) is 5.98. The number of nitro groups is 1. The highest BCUT2D eigenvalue weighted by molar-refractivity contribution is 7.85. The molecular formula is C12H13NO6S. The van der Waals surface area contributed by atoms with Crippen LogP contribution in [-0.2, 0) is 20.3 Å². The molecule has 1 aromatic rings. The van der Waals surface area contributed by atoms with Crippen molar-refractivity contribution in [2.24, 2.45) is 0 Å². The molecule has 0 radical (unpaired) electrons. The van der Waals surface area contributed by atoms with E-state index in [4.69, 9.17) is 9.84 Å². The fourth-order valence-corrected chi connectivity index (χ4v) is 3.21. The van der Waals surface area contributed by atoms with Crippen LogP contribution < -0.4 is 0 Å². The molecule has 0 saturated carbocycles. The number of hydrogen-bond donors (Lipinski definition) is 1. The minimum atomic E-state index is -1.36. The van der Waals surface area contributed by atoms with Gasteiger partial charge in [-0.1, -0.05) is 0 Å². The lowest BCUT2D eigenvalue weighted by Gasteiger charge is -2.10. The van der Waals surface area contributed by atoms with E-state index in [9.17, 15) is 19.1 Å². The SMILES string of the molecule is O=C(O)C1CCC(CS(=O)c2ccc([N+](=O)[O-])cc2)O1. The predicted octanol–water partition coefficient (Wildman–Crippen LogP) is 1.33.